The molecule has 8 nitrogen and oxygen atoms in total. The minimum atomic E-state index is -3.30. The van der Waals surface area contributed by atoms with Gasteiger partial charge < -0.3 is 9.84 Å². The van der Waals surface area contributed by atoms with Gasteiger partial charge in [0, 0.05) is 38.4 Å². The first-order valence-electron chi connectivity index (χ1n) is 11.3. The smallest absolute Gasteiger partial charge is 0.320 e. The first kappa shape index (κ1) is 31.0. The SMILES string of the molecule is CCCCC(C(=O)O)N1CCN(Cc2ccc(Oc3ccc(NS(C)(=O)=O)cc3)cc2)CC1.Cl.Cl. The van der Waals surface area contributed by atoms with Crippen molar-refractivity contribution in [3.05, 3.63) is 54.1 Å². The molecule has 2 aromatic carbocycles. The second-order valence-electron chi connectivity index (χ2n) is 8.45. The monoisotopic (exact) mass is 547 g/mol. The average Bonchev–Trinajstić information content (AvgIpc) is 2.77. The molecule has 1 heterocycles. The third kappa shape index (κ3) is 10.2. The lowest BCUT2D eigenvalue weighted by Crippen LogP contribution is -2.52. The summed E-state index contributed by atoms with van der Waals surface area (Å²) in [5, 5.41) is 9.55. The molecule has 1 atom stereocenters. The molecule has 2 N–H and O–H groups in total. The van der Waals surface area contributed by atoms with Crippen LogP contribution in [0.15, 0.2) is 48.5 Å². The Hall–Kier alpha value is -2.04. The number of nitrogens with one attached hydrogen (secondary N) is 1. The van der Waals surface area contributed by atoms with E-state index < -0.39 is 16.0 Å². The summed E-state index contributed by atoms with van der Waals surface area (Å²) in [6.07, 6.45) is 3.77. The van der Waals surface area contributed by atoms with Crippen LogP contribution in [0, 0.1) is 0 Å². The molecule has 0 aliphatic carbocycles. The van der Waals surface area contributed by atoms with Gasteiger partial charge in [-0.1, -0.05) is 31.9 Å². The molecule has 3 rings (SSSR count). The number of rotatable bonds is 11. The number of carboxylic acid groups (broad SMARTS) is 1. The van der Waals surface area contributed by atoms with E-state index in [1.54, 1.807) is 24.3 Å². The van der Waals surface area contributed by atoms with Gasteiger partial charge in [0.25, 0.3) is 0 Å². The van der Waals surface area contributed by atoms with E-state index in [9.17, 15) is 18.3 Å². The number of anilines is 1. The number of carbonyl (C=O) groups is 1. The van der Waals surface area contributed by atoms with E-state index in [0.717, 1.165) is 51.8 Å². The van der Waals surface area contributed by atoms with Crippen LogP contribution in [0.4, 0.5) is 5.69 Å². The molecule has 0 amide bonds. The number of piperazine rings is 1. The van der Waals surface area contributed by atoms with E-state index >= 15 is 0 Å². The molecule has 35 heavy (non-hydrogen) atoms. The highest BCUT2D eigenvalue weighted by atomic mass is 35.5. The summed E-state index contributed by atoms with van der Waals surface area (Å²) in [5.41, 5.74) is 1.66. The maximum Gasteiger partial charge on any atom is 0.320 e. The van der Waals surface area contributed by atoms with Gasteiger partial charge in [-0.05, 0) is 48.4 Å². The Kier molecular flexibility index (Phi) is 12.8. The van der Waals surface area contributed by atoms with Crippen molar-refractivity contribution in [2.24, 2.45) is 0 Å². The lowest BCUT2D eigenvalue weighted by Gasteiger charge is -2.37. The van der Waals surface area contributed by atoms with Crippen LogP contribution in [0.5, 0.6) is 11.5 Å². The summed E-state index contributed by atoms with van der Waals surface area (Å²) in [4.78, 5) is 16.1. The Morgan fingerprint density at radius 2 is 1.54 bits per heavy atom. The summed E-state index contributed by atoms with van der Waals surface area (Å²) < 4.78 is 30.9. The number of nitrogens with zero attached hydrogens (tertiary/aromatic N) is 2. The first-order chi connectivity index (χ1) is 15.7. The zero-order valence-corrected chi connectivity index (χ0v) is 22.5. The second kappa shape index (κ2) is 14.5. The fraction of sp³-hybridized carbons (Fsp3) is 0.458. The molecule has 1 unspecified atom stereocenters. The Labute approximate surface area is 220 Å². The van der Waals surface area contributed by atoms with Crippen molar-refractivity contribution in [2.75, 3.05) is 37.2 Å². The molecular formula is C24H35Cl2N3O5S. The van der Waals surface area contributed by atoms with Crippen LogP contribution in [0.2, 0.25) is 0 Å². The number of halogens is 2. The highest BCUT2D eigenvalue weighted by Gasteiger charge is 2.28. The Morgan fingerprint density at radius 3 is 2.03 bits per heavy atom. The molecule has 1 fully saturated rings. The highest BCUT2D eigenvalue weighted by Crippen LogP contribution is 2.24. The quantitative estimate of drug-likeness (QED) is 0.428. The number of hydrogen-bond donors (Lipinski definition) is 2. The van der Waals surface area contributed by atoms with Crippen molar-refractivity contribution in [3.8, 4) is 11.5 Å². The van der Waals surface area contributed by atoms with Crippen LogP contribution in [0.1, 0.15) is 31.7 Å². The number of aliphatic carboxylic acids is 1. The lowest BCUT2D eigenvalue weighted by molar-refractivity contribution is -0.144. The Morgan fingerprint density at radius 1 is 1.00 bits per heavy atom. The van der Waals surface area contributed by atoms with Gasteiger partial charge >= 0.3 is 5.97 Å². The molecule has 0 spiro atoms. The summed E-state index contributed by atoms with van der Waals surface area (Å²) in [6, 6.07) is 14.3. The highest BCUT2D eigenvalue weighted by molar-refractivity contribution is 7.92. The third-order valence-corrected chi connectivity index (χ3v) is 6.29. The average molecular weight is 549 g/mol. The van der Waals surface area contributed by atoms with Gasteiger partial charge in [0.05, 0.1) is 6.26 Å². The van der Waals surface area contributed by atoms with Gasteiger partial charge in [-0.15, -0.1) is 24.8 Å². The molecule has 0 bridgehead atoms. The summed E-state index contributed by atoms with van der Waals surface area (Å²) >= 11 is 0. The van der Waals surface area contributed by atoms with Crippen LogP contribution >= 0.6 is 24.8 Å². The number of unbranched alkanes of at least 4 members (excludes halogenated alkanes) is 1. The zero-order chi connectivity index (χ0) is 23.8. The number of carboxylic acids is 1. The summed E-state index contributed by atoms with van der Waals surface area (Å²) in [5.74, 6) is 0.607. The van der Waals surface area contributed by atoms with Crippen molar-refractivity contribution in [1.29, 1.82) is 0 Å². The van der Waals surface area contributed by atoms with E-state index in [0.29, 0.717) is 23.6 Å². The normalized spacial score (nSPS) is 15.4. The van der Waals surface area contributed by atoms with Crippen LogP contribution in [0.25, 0.3) is 0 Å². The molecule has 0 aromatic heterocycles. The Bertz CT molecular complexity index is 1010. The van der Waals surface area contributed by atoms with Crippen molar-refractivity contribution in [1.82, 2.24) is 9.80 Å². The fourth-order valence-electron chi connectivity index (χ4n) is 3.96. The Balaban J connectivity index is 0.00000306. The molecule has 0 saturated carbocycles. The number of sulfonamides is 1. The molecular weight excluding hydrogens is 513 g/mol. The van der Waals surface area contributed by atoms with E-state index in [1.165, 1.54) is 5.56 Å². The third-order valence-electron chi connectivity index (χ3n) is 5.69. The van der Waals surface area contributed by atoms with Crippen molar-refractivity contribution in [2.45, 2.75) is 38.8 Å². The van der Waals surface area contributed by atoms with Gasteiger partial charge in [-0.25, -0.2) is 8.42 Å². The van der Waals surface area contributed by atoms with Gasteiger partial charge in [-0.2, -0.15) is 0 Å². The summed E-state index contributed by atoms with van der Waals surface area (Å²) in [6.45, 7) is 6.14. The minimum Gasteiger partial charge on any atom is -0.480 e. The van der Waals surface area contributed by atoms with Crippen molar-refractivity contribution < 1.29 is 23.1 Å². The van der Waals surface area contributed by atoms with Crippen LogP contribution < -0.4 is 9.46 Å². The molecule has 1 saturated heterocycles. The largest absolute Gasteiger partial charge is 0.480 e. The predicted molar refractivity (Wildman–Crippen MR) is 144 cm³/mol. The number of benzene rings is 2. The molecule has 11 heteroatoms. The minimum absolute atomic E-state index is 0. The van der Waals surface area contributed by atoms with Crippen LogP contribution in [-0.2, 0) is 21.4 Å². The first-order valence-corrected chi connectivity index (χ1v) is 13.2. The lowest BCUT2D eigenvalue weighted by atomic mass is 10.1. The summed E-state index contributed by atoms with van der Waals surface area (Å²) in [7, 11) is -3.30. The van der Waals surface area contributed by atoms with Crippen LogP contribution in [0.3, 0.4) is 0 Å². The van der Waals surface area contributed by atoms with E-state index in [4.69, 9.17) is 4.74 Å². The topological polar surface area (TPSA) is 99.2 Å². The van der Waals surface area contributed by atoms with Gasteiger partial charge in [0.1, 0.15) is 17.5 Å². The van der Waals surface area contributed by atoms with Gasteiger partial charge in [0.2, 0.25) is 10.0 Å². The number of hydrogen-bond acceptors (Lipinski definition) is 6. The molecule has 1 aliphatic heterocycles. The maximum absolute atomic E-state index is 11.6. The fourth-order valence-corrected chi connectivity index (χ4v) is 4.52. The predicted octanol–water partition coefficient (Wildman–Crippen LogP) is 4.46. The van der Waals surface area contributed by atoms with E-state index in [-0.39, 0.29) is 30.9 Å². The van der Waals surface area contributed by atoms with Crippen LogP contribution in [-0.4, -0.2) is 67.8 Å². The van der Waals surface area contributed by atoms with Crippen molar-refractivity contribution >= 4 is 46.5 Å². The molecule has 0 radical (unpaired) electrons. The van der Waals surface area contributed by atoms with E-state index in [2.05, 4.69) is 21.4 Å². The zero-order valence-electron chi connectivity index (χ0n) is 20.1. The standard InChI is InChI=1S/C24H33N3O5S.2ClH/c1-3-4-5-23(24(28)29)27-16-14-26(15-17-27)18-19-6-10-21(11-7-19)32-22-12-8-20(9-13-22)25-33(2,30)31;;/h6-13,23,25H,3-5,14-18H2,1-2H3,(H,28,29);2*1H. The molecule has 1 aliphatic rings. The molecule has 2 aromatic rings. The molecule has 196 valence electrons. The van der Waals surface area contributed by atoms with Gasteiger partial charge in [0.15, 0.2) is 0 Å². The van der Waals surface area contributed by atoms with Gasteiger partial charge in [-0.3, -0.25) is 19.3 Å². The second-order valence-corrected chi connectivity index (χ2v) is 10.2. The van der Waals surface area contributed by atoms with Crippen molar-refractivity contribution in [3.63, 3.8) is 0 Å². The van der Waals surface area contributed by atoms with E-state index in [1.807, 2.05) is 24.3 Å². The number of ether oxygens (including phenoxy) is 1. The maximum atomic E-state index is 11.6.